The van der Waals surface area contributed by atoms with Crippen LogP contribution in [-0.4, -0.2) is 11.0 Å². The van der Waals surface area contributed by atoms with Crippen molar-refractivity contribution in [3.8, 4) is 0 Å². The summed E-state index contributed by atoms with van der Waals surface area (Å²) in [4.78, 5) is 12.2. The van der Waals surface area contributed by atoms with E-state index in [0.29, 0.717) is 16.6 Å². The van der Waals surface area contributed by atoms with Crippen LogP contribution in [-0.2, 0) is 0 Å². The van der Waals surface area contributed by atoms with Crippen molar-refractivity contribution >= 4 is 51.5 Å². The average Bonchev–Trinajstić information content (AvgIpc) is 2.54. The van der Waals surface area contributed by atoms with E-state index in [1.165, 1.54) is 5.56 Å². The SMILES string of the molecule is CC[C@H](C)c1ccccc1NC(=S)NC(=O)c1cccc(I)c1. The van der Waals surface area contributed by atoms with Gasteiger partial charge in [-0.1, -0.05) is 38.1 Å². The van der Waals surface area contributed by atoms with Crippen LogP contribution in [0.2, 0.25) is 0 Å². The highest BCUT2D eigenvalue weighted by atomic mass is 127. The van der Waals surface area contributed by atoms with Gasteiger partial charge in [-0.25, -0.2) is 0 Å². The zero-order valence-corrected chi connectivity index (χ0v) is 16.1. The van der Waals surface area contributed by atoms with Crippen molar-refractivity contribution in [1.82, 2.24) is 5.32 Å². The second-order valence-corrected chi connectivity index (χ2v) is 6.97. The van der Waals surface area contributed by atoms with E-state index in [2.05, 4.69) is 53.1 Å². The van der Waals surface area contributed by atoms with Gasteiger partial charge in [-0.3, -0.25) is 10.1 Å². The highest BCUT2D eigenvalue weighted by Gasteiger charge is 2.12. The molecular weight excluding hydrogens is 419 g/mol. The topological polar surface area (TPSA) is 41.1 Å². The first-order valence-corrected chi connectivity index (χ1v) is 8.96. The number of para-hydroxylation sites is 1. The van der Waals surface area contributed by atoms with Gasteiger partial charge in [-0.15, -0.1) is 0 Å². The third-order valence-corrected chi connectivity index (χ3v) is 4.54. The Morgan fingerprint density at radius 3 is 2.65 bits per heavy atom. The number of carbonyl (C=O) groups excluding carboxylic acids is 1. The molecule has 1 amide bonds. The summed E-state index contributed by atoms with van der Waals surface area (Å²) in [7, 11) is 0. The first kappa shape index (κ1) is 17.9. The monoisotopic (exact) mass is 438 g/mol. The van der Waals surface area contributed by atoms with E-state index in [0.717, 1.165) is 15.7 Å². The van der Waals surface area contributed by atoms with E-state index < -0.39 is 0 Å². The Morgan fingerprint density at radius 1 is 1.22 bits per heavy atom. The van der Waals surface area contributed by atoms with Crippen molar-refractivity contribution < 1.29 is 4.79 Å². The molecule has 0 spiro atoms. The lowest BCUT2D eigenvalue weighted by molar-refractivity contribution is 0.0977. The van der Waals surface area contributed by atoms with Crippen molar-refractivity contribution in [3.05, 3.63) is 63.2 Å². The van der Waals surface area contributed by atoms with Crippen LogP contribution in [0.3, 0.4) is 0 Å². The van der Waals surface area contributed by atoms with Gasteiger partial charge < -0.3 is 5.32 Å². The Balaban J connectivity index is 2.07. The zero-order chi connectivity index (χ0) is 16.8. The molecule has 0 aromatic heterocycles. The van der Waals surface area contributed by atoms with Gasteiger partial charge in [0.25, 0.3) is 5.91 Å². The predicted molar refractivity (Wildman–Crippen MR) is 108 cm³/mol. The summed E-state index contributed by atoms with van der Waals surface area (Å²) in [5, 5.41) is 6.18. The quantitative estimate of drug-likeness (QED) is 0.526. The van der Waals surface area contributed by atoms with Crippen molar-refractivity contribution in [2.45, 2.75) is 26.2 Å². The summed E-state index contributed by atoms with van der Waals surface area (Å²) in [6, 6.07) is 15.4. The molecule has 0 unspecified atom stereocenters. The fourth-order valence-electron chi connectivity index (χ4n) is 2.22. The smallest absolute Gasteiger partial charge is 0.257 e. The van der Waals surface area contributed by atoms with Crippen molar-refractivity contribution in [2.24, 2.45) is 0 Å². The summed E-state index contributed by atoms with van der Waals surface area (Å²) in [5.74, 6) is 0.218. The van der Waals surface area contributed by atoms with Crippen LogP contribution in [0.15, 0.2) is 48.5 Å². The Kier molecular flexibility index (Phi) is 6.53. The average molecular weight is 438 g/mol. The van der Waals surface area contributed by atoms with E-state index in [1.807, 2.05) is 36.4 Å². The zero-order valence-electron chi connectivity index (χ0n) is 13.1. The summed E-state index contributed by atoms with van der Waals surface area (Å²) >= 11 is 7.46. The van der Waals surface area contributed by atoms with Crippen LogP contribution >= 0.6 is 34.8 Å². The van der Waals surface area contributed by atoms with Crippen LogP contribution in [0.4, 0.5) is 5.69 Å². The van der Waals surface area contributed by atoms with Crippen LogP contribution in [0.25, 0.3) is 0 Å². The molecule has 3 nitrogen and oxygen atoms in total. The van der Waals surface area contributed by atoms with E-state index in [4.69, 9.17) is 12.2 Å². The van der Waals surface area contributed by atoms with Gasteiger partial charge in [0.2, 0.25) is 0 Å². The molecule has 0 aliphatic carbocycles. The van der Waals surface area contributed by atoms with Crippen LogP contribution in [0.1, 0.15) is 42.1 Å². The molecule has 0 bridgehead atoms. The molecule has 2 rings (SSSR count). The number of carbonyl (C=O) groups is 1. The van der Waals surface area contributed by atoms with Gasteiger partial charge in [-0.05, 0) is 77.0 Å². The molecule has 2 aromatic rings. The molecule has 0 radical (unpaired) electrons. The summed E-state index contributed by atoms with van der Waals surface area (Å²) in [6.45, 7) is 4.33. The minimum absolute atomic E-state index is 0.206. The van der Waals surface area contributed by atoms with Gasteiger partial charge in [0.05, 0.1) is 0 Å². The van der Waals surface area contributed by atoms with Gasteiger partial charge in [0.15, 0.2) is 5.11 Å². The highest BCUT2D eigenvalue weighted by Crippen LogP contribution is 2.26. The molecule has 1 atom stereocenters. The highest BCUT2D eigenvalue weighted by molar-refractivity contribution is 14.1. The third-order valence-electron chi connectivity index (χ3n) is 3.67. The van der Waals surface area contributed by atoms with E-state index >= 15 is 0 Å². The number of nitrogens with one attached hydrogen (secondary N) is 2. The molecule has 0 aliphatic rings. The maximum atomic E-state index is 12.2. The Labute approximate surface area is 156 Å². The molecule has 2 N–H and O–H groups in total. The maximum Gasteiger partial charge on any atom is 0.257 e. The molecule has 23 heavy (non-hydrogen) atoms. The van der Waals surface area contributed by atoms with E-state index in [-0.39, 0.29) is 5.91 Å². The van der Waals surface area contributed by atoms with Crippen molar-refractivity contribution in [1.29, 1.82) is 0 Å². The normalized spacial score (nSPS) is 11.6. The number of rotatable bonds is 4. The molecule has 0 saturated heterocycles. The predicted octanol–water partition coefficient (Wildman–Crippen LogP) is 4.93. The van der Waals surface area contributed by atoms with Crippen LogP contribution < -0.4 is 10.6 Å². The summed E-state index contributed by atoms with van der Waals surface area (Å²) < 4.78 is 1.01. The van der Waals surface area contributed by atoms with Gasteiger partial charge >= 0.3 is 0 Å². The molecule has 0 fully saturated rings. The van der Waals surface area contributed by atoms with E-state index in [9.17, 15) is 4.79 Å². The molecule has 120 valence electrons. The fourth-order valence-corrected chi connectivity index (χ4v) is 2.96. The largest absolute Gasteiger partial charge is 0.332 e. The number of benzene rings is 2. The molecule has 0 heterocycles. The first-order valence-electron chi connectivity index (χ1n) is 7.48. The molecule has 5 heteroatoms. The minimum atomic E-state index is -0.206. The lowest BCUT2D eigenvalue weighted by Gasteiger charge is -2.17. The van der Waals surface area contributed by atoms with Gasteiger partial charge in [0.1, 0.15) is 0 Å². The summed E-state index contributed by atoms with van der Waals surface area (Å²) in [5.41, 5.74) is 2.73. The lowest BCUT2D eigenvalue weighted by atomic mass is 9.97. The maximum absolute atomic E-state index is 12.2. The van der Waals surface area contributed by atoms with Crippen molar-refractivity contribution in [2.75, 3.05) is 5.32 Å². The Morgan fingerprint density at radius 2 is 1.96 bits per heavy atom. The molecule has 2 aromatic carbocycles. The number of amides is 1. The summed E-state index contributed by atoms with van der Waals surface area (Å²) in [6.07, 6.45) is 1.04. The lowest BCUT2D eigenvalue weighted by Crippen LogP contribution is -2.34. The van der Waals surface area contributed by atoms with Crippen LogP contribution in [0.5, 0.6) is 0 Å². The van der Waals surface area contributed by atoms with Gasteiger partial charge in [0, 0.05) is 14.8 Å². The standard InChI is InChI=1S/C18H19IN2OS/c1-3-12(2)15-9-4-5-10-16(15)20-18(23)21-17(22)13-7-6-8-14(19)11-13/h4-12H,3H2,1-2H3,(H2,20,21,22,23)/t12-/m0/s1. The number of halogens is 1. The van der Waals surface area contributed by atoms with Gasteiger partial charge in [-0.2, -0.15) is 0 Å². The second kappa shape index (κ2) is 8.40. The van der Waals surface area contributed by atoms with Crippen LogP contribution in [0, 0.1) is 3.57 Å². The third kappa shape index (κ3) is 5.00. The molecule has 0 aliphatic heterocycles. The molecule has 0 saturated carbocycles. The number of anilines is 1. The second-order valence-electron chi connectivity index (χ2n) is 5.32. The molecular formula is C18H19IN2OS. The number of hydrogen-bond donors (Lipinski definition) is 2. The number of hydrogen-bond acceptors (Lipinski definition) is 2. The van der Waals surface area contributed by atoms with Crippen molar-refractivity contribution in [3.63, 3.8) is 0 Å². The minimum Gasteiger partial charge on any atom is -0.332 e. The fraction of sp³-hybridized carbons (Fsp3) is 0.222. The Hall–Kier alpha value is -1.47. The first-order chi connectivity index (χ1) is 11.0. The Bertz CT molecular complexity index is 718. The van der Waals surface area contributed by atoms with E-state index in [1.54, 1.807) is 6.07 Å². The number of thiocarbonyl (C=S) groups is 1.